The summed E-state index contributed by atoms with van der Waals surface area (Å²) in [5.74, 6) is 0.111. The molecule has 0 spiro atoms. The average molecular weight is 515 g/mol. The molecule has 2 fully saturated rings. The quantitative estimate of drug-likeness (QED) is 0.385. The van der Waals surface area contributed by atoms with E-state index >= 15 is 0 Å². The number of ether oxygens (including phenoxy) is 2. The van der Waals surface area contributed by atoms with Gasteiger partial charge in [0.25, 0.3) is 5.91 Å². The molecule has 1 saturated carbocycles. The maximum atomic E-state index is 13.1. The van der Waals surface area contributed by atoms with Gasteiger partial charge in [0.2, 0.25) is 0 Å². The van der Waals surface area contributed by atoms with E-state index in [1.54, 1.807) is 12.1 Å². The average Bonchev–Trinajstić information content (AvgIpc) is 3.65. The Kier molecular flexibility index (Phi) is 7.62. The third kappa shape index (κ3) is 5.98. The highest BCUT2D eigenvalue weighted by Crippen LogP contribution is 2.51. The topological polar surface area (TPSA) is 106 Å². The summed E-state index contributed by atoms with van der Waals surface area (Å²) in [5, 5.41) is 5.80. The lowest BCUT2D eigenvalue weighted by Crippen LogP contribution is -2.37. The Morgan fingerprint density at radius 3 is 2.45 bits per heavy atom. The second-order valence-electron chi connectivity index (χ2n) is 9.94. The van der Waals surface area contributed by atoms with Crippen molar-refractivity contribution < 1.29 is 19.1 Å². The first-order valence-corrected chi connectivity index (χ1v) is 13.1. The van der Waals surface area contributed by atoms with Gasteiger partial charge in [0.1, 0.15) is 6.61 Å². The number of hydrogen-bond acceptors (Lipinski definition) is 6. The van der Waals surface area contributed by atoms with Gasteiger partial charge in [0.15, 0.2) is 0 Å². The molecule has 1 aliphatic carbocycles. The van der Waals surface area contributed by atoms with Crippen LogP contribution in [0.15, 0.2) is 72.8 Å². The van der Waals surface area contributed by atoms with E-state index in [0.29, 0.717) is 49.2 Å². The van der Waals surface area contributed by atoms with E-state index in [4.69, 9.17) is 15.2 Å². The van der Waals surface area contributed by atoms with Crippen LogP contribution >= 0.6 is 0 Å². The number of carbonyl (C=O) groups excluding carboxylic acids is 2. The fraction of sp³-hybridized carbons (Fsp3) is 0.333. The maximum Gasteiger partial charge on any atom is 0.412 e. The van der Waals surface area contributed by atoms with Gasteiger partial charge in [-0.3, -0.25) is 10.1 Å². The van der Waals surface area contributed by atoms with Crippen LogP contribution < -0.4 is 21.3 Å². The van der Waals surface area contributed by atoms with Gasteiger partial charge in [-0.25, -0.2) is 4.79 Å². The molecule has 8 nitrogen and oxygen atoms in total. The van der Waals surface area contributed by atoms with Crippen LogP contribution in [-0.2, 0) is 16.1 Å². The molecule has 5 rings (SSSR count). The van der Waals surface area contributed by atoms with Crippen LogP contribution in [0.2, 0.25) is 0 Å². The van der Waals surface area contributed by atoms with Crippen molar-refractivity contribution in [3.8, 4) is 0 Å². The lowest BCUT2D eigenvalue weighted by Gasteiger charge is -2.30. The van der Waals surface area contributed by atoms with Crippen molar-refractivity contribution in [3.63, 3.8) is 0 Å². The van der Waals surface area contributed by atoms with E-state index in [1.165, 1.54) is 5.56 Å². The summed E-state index contributed by atoms with van der Waals surface area (Å²) in [7, 11) is 0. The van der Waals surface area contributed by atoms with Crippen LogP contribution in [0.1, 0.15) is 47.2 Å². The first-order valence-electron chi connectivity index (χ1n) is 13.1. The summed E-state index contributed by atoms with van der Waals surface area (Å²) in [6, 6.07) is 22.7. The number of rotatable bonds is 8. The van der Waals surface area contributed by atoms with Gasteiger partial charge in [-0.15, -0.1) is 0 Å². The van der Waals surface area contributed by atoms with Crippen molar-refractivity contribution in [1.29, 1.82) is 0 Å². The van der Waals surface area contributed by atoms with Gasteiger partial charge in [-0.05, 0) is 54.3 Å². The van der Waals surface area contributed by atoms with E-state index in [0.717, 1.165) is 24.1 Å². The number of nitrogens with zero attached hydrogens (tertiary/aromatic N) is 1. The number of nitrogens with two attached hydrogens (primary N) is 1. The van der Waals surface area contributed by atoms with E-state index in [1.807, 2.05) is 60.7 Å². The summed E-state index contributed by atoms with van der Waals surface area (Å²) in [6.07, 6.45) is 1.36. The predicted octanol–water partition coefficient (Wildman–Crippen LogP) is 5.12. The Morgan fingerprint density at radius 1 is 1.03 bits per heavy atom. The second-order valence-corrected chi connectivity index (χ2v) is 9.94. The number of hydrogen-bond donors (Lipinski definition) is 3. The van der Waals surface area contributed by atoms with E-state index in [2.05, 4.69) is 22.5 Å². The van der Waals surface area contributed by atoms with Crippen molar-refractivity contribution in [1.82, 2.24) is 0 Å². The molecule has 1 heterocycles. The minimum atomic E-state index is -0.584. The lowest BCUT2D eigenvalue weighted by molar-refractivity contribution is 0.102. The summed E-state index contributed by atoms with van der Waals surface area (Å²) >= 11 is 0. The number of nitrogens with one attached hydrogen (secondary N) is 2. The molecule has 0 radical (unpaired) electrons. The van der Waals surface area contributed by atoms with Crippen LogP contribution in [0.25, 0.3) is 0 Å². The summed E-state index contributed by atoms with van der Waals surface area (Å²) in [6.45, 7) is 4.84. The minimum Gasteiger partial charge on any atom is -0.444 e. The van der Waals surface area contributed by atoms with Crippen molar-refractivity contribution in [2.45, 2.75) is 37.8 Å². The number of amides is 2. The fourth-order valence-corrected chi connectivity index (χ4v) is 4.89. The van der Waals surface area contributed by atoms with E-state index in [-0.39, 0.29) is 18.1 Å². The summed E-state index contributed by atoms with van der Waals surface area (Å²) in [5.41, 5.74) is 10.8. The van der Waals surface area contributed by atoms with Gasteiger partial charge in [0.05, 0.1) is 24.6 Å². The zero-order valence-corrected chi connectivity index (χ0v) is 21.6. The molecule has 3 aromatic rings. The lowest BCUT2D eigenvalue weighted by atomic mass is 10.0. The zero-order valence-electron chi connectivity index (χ0n) is 21.6. The standard InChI is InChI=1S/C30H34N4O4/c1-2-30(31)19-25(30)22-8-11-24(12-9-22)32-28(35)23-10-13-27(34-14-16-37-17-15-34)26(18-23)33-29(36)38-20-21-6-4-3-5-7-21/h3-13,18,25H,2,14-17,19-20,31H2,1H3,(H,32,35)(H,33,36). The van der Waals surface area contributed by atoms with Crippen LogP contribution in [0, 0.1) is 0 Å². The molecular formula is C30H34N4O4. The van der Waals surface area contributed by atoms with Crippen LogP contribution in [0.5, 0.6) is 0 Å². The van der Waals surface area contributed by atoms with Crippen molar-refractivity contribution in [3.05, 3.63) is 89.5 Å². The Balaban J connectivity index is 1.29. The molecule has 0 aromatic heterocycles. The molecule has 38 heavy (non-hydrogen) atoms. The highest BCUT2D eigenvalue weighted by molar-refractivity contribution is 6.06. The van der Waals surface area contributed by atoms with Gasteiger partial charge in [-0.2, -0.15) is 0 Å². The first kappa shape index (κ1) is 25.8. The van der Waals surface area contributed by atoms with Gasteiger partial charge < -0.3 is 25.4 Å². The van der Waals surface area contributed by atoms with Crippen LogP contribution in [0.3, 0.4) is 0 Å². The predicted molar refractivity (Wildman–Crippen MR) is 149 cm³/mol. The maximum absolute atomic E-state index is 13.1. The molecular weight excluding hydrogens is 480 g/mol. The molecule has 2 amide bonds. The molecule has 2 unspecified atom stereocenters. The SMILES string of the molecule is CCC1(N)CC1c1ccc(NC(=O)c2ccc(N3CCOCC3)c(NC(=O)OCc3ccccc3)c2)cc1. The molecule has 3 aromatic carbocycles. The monoisotopic (exact) mass is 514 g/mol. The molecule has 2 atom stereocenters. The highest BCUT2D eigenvalue weighted by Gasteiger charge is 2.49. The molecule has 198 valence electrons. The normalized spacial score (nSPS) is 20.5. The second kappa shape index (κ2) is 11.2. The van der Waals surface area contributed by atoms with Crippen LogP contribution in [-0.4, -0.2) is 43.8 Å². The largest absolute Gasteiger partial charge is 0.444 e. The molecule has 2 aliphatic rings. The van der Waals surface area contributed by atoms with Crippen LogP contribution in [0.4, 0.5) is 21.9 Å². The number of carbonyl (C=O) groups is 2. The highest BCUT2D eigenvalue weighted by atomic mass is 16.5. The molecule has 1 saturated heterocycles. The number of morpholine rings is 1. The van der Waals surface area contributed by atoms with Gasteiger partial charge in [-0.1, -0.05) is 49.4 Å². The minimum absolute atomic E-state index is 0.0986. The Hall–Kier alpha value is -3.88. The zero-order chi connectivity index (χ0) is 26.5. The van der Waals surface area contributed by atoms with Crippen molar-refractivity contribution in [2.24, 2.45) is 5.73 Å². The molecule has 0 bridgehead atoms. The Bertz CT molecular complexity index is 1280. The summed E-state index contributed by atoms with van der Waals surface area (Å²) in [4.78, 5) is 27.9. The first-order chi connectivity index (χ1) is 18.4. The van der Waals surface area contributed by atoms with Gasteiger partial charge >= 0.3 is 6.09 Å². The Labute approximate surface area is 223 Å². The van der Waals surface area contributed by atoms with E-state index < -0.39 is 6.09 Å². The smallest absolute Gasteiger partial charge is 0.412 e. The fourth-order valence-electron chi connectivity index (χ4n) is 4.89. The molecule has 8 heteroatoms. The Morgan fingerprint density at radius 2 is 1.76 bits per heavy atom. The van der Waals surface area contributed by atoms with E-state index in [9.17, 15) is 9.59 Å². The summed E-state index contributed by atoms with van der Waals surface area (Å²) < 4.78 is 10.9. The molecule has 4 N–H and O–H groups in total. The number of benzene rings is 3. The third-order valence-corrected chi connectivity index (χ3v) is 7.41. The molecule has 1 aliphatic heterocycles. The van der Waals surface area contributed by atoms with Crippen molar-refractivity contribution in [2.75, 3.05) is 41.8 Å². The third-order valence-electron chi connectivity index (χ3n) is 7.41. The van der Waals surface area contributed by atoms with Crippen molar-refractivity contribution >= 4 is 29.1 Å². The number of anilines is 3. The van der Waals surface area contributed by atoms with Gasteiger partial charge in [0, 0.05) is 35.8 Å².